The van der Waals surface area contributed by atoms with Crippen LogP contribution in [0.25, 0.3) is 10.9 Å². The Morgan fingerprint density at radius 3 is 2.85 bits per heavy atom. The topological polar surface area (TPSA) is 63.3 Å². The van der Waals surface area contributed by atoms with E-state index in [-0.39, 0.29) is 6.03 Å². The normalized spacial score (nSPS) is 15.4. The number of aryl methyl sites for hydroxylation is 2. The quantitative estimate of drug-likeness (QED) is 0.767. The second kappa shape index (κ2) is 7.47. The van der Waals surface area contributed by atoms with Crippen molar-refractivity contribution in [3.05, 3.63) is 53.5 Å². The van der Waals surface area contributed by atoms with Crippen molar-refractivity contribution in [3.63, 3.8) is 0 Å². The second-order valence-electron chi connectivity index (χ2n) is 7.45. The van der Waals surface area contributed by atoms with Gasteiger partial charge >= 0.3 is 6.03 Å². The van der Waals surface area contributed by atoms with Gasteiger partial charge in [0.25, 0.3) is 0 Å². The van der Waals surface area contributed by atoms with Crippen molar-refractivity contribution in [3.8, 4) is 0 Å². The number of carbonyl (C=O) groups excluding carboxylic acids is 1. The molecule has 0 spiro atoms. The lowest BCUT2D eigenvalue weighted by Crippen LogP contribution is -2.44. The number of urea groups is 1. The highest BCUT2D eigenvalue weighted by Gasteiger charge is 2.25. The van der Waals surface area contributed by atoms with E-state index < -0.39 is 0 Å². The zero-order valence-electron chi connectivity index (χ0n) is 15.9. The Morgan fingerprint density at radius 1 is 1.30 bits per heavy atom. The summed E-state index contributed by atoms with van der Waals surface area (Å²) in [6.07, 6.45) is 6.48. The lowest BCUT2D eigenvalue weighted by molar-refractivity contribution is 0.180. The van der Waals surface area contributed by atoms with Crippen molar-refractivity contribution in [2.75, 3.05) is 19.6 Å². The number of piperidine rings is 1. The van der Waals surface area contributed by atoms with Crippen LogP contribution in [0.4, 0.5) is 4.79 Å². The summed E-state index contributed by atoms with van der Waals surface area (Å²) in [4.78, 5) is 14.4. The number of carbonyl (C=O) groups is 1. The molecule has 1 saturated heterocycles. The molecule has 27 heavy (non-hydrogen) atoms. The molecule has 4 rings (SSSR count). The first-order valence-electron chi connectivity index (χ1n) is 9.59. The largest absolute Gasteiger partial charge is 0.365 e. The lowest BCUT2D eigenvalue weighted by Gasteiger charge is -2.31. The molecule has 142 valence electrons. The Kier molecular flexibility index (Phi) is 4.88. The number of benzene rings is 1. The minimum absolute atomic E-state index is 0.0321. The molecule has 6 heteroatoms. The average Bonchev–Trinajstić information content (AvgIpc) is 3.31. The predicted molar refractivity (Wildman–Crippen MR) is 105 cm³/mol. The summed E-state index contributed by atoms with van der Waals surface area (Å²) in [6, 6.07) is 8.48. The maximum Gasteiger partial charge on any atom is 0.317 e. The molecule has 0 radical (unpaired) electrons. The van der Waals surface area contributed by atoms with Gasteiger partial charge in [-0.2, -0.15) is 0 Å². The molecule has 3 heterocycles. The lowest BCUT2D eigenvalue weighted by atomic mass is 9.94. The number of fused-ring (bicyclic) bond motifs is 1. The van der Waals surface area contributed by atoms with E-state index in [2.05, 4.69) is 53.4 Å². The minimum Gasteiger partial charge on any atom is -0.365 e. The van der Waals surface area contributed by atoms with Crippen molar-refractivity contribution in [1.29, 1.82) is 0 Å². The Labute approximate surface area is 159 Å². The minimum atomic E-state index is 0.0321. The van der Waals surface area contributed by atoms with E-state index in [1.165, 1.54) is 22.0 Å². The third-order valence-electron chi connectivity index (χ3n) is 5.56. The molecular weight excluding hydrogens is 340 g/mol. The summed E-state index contributed by atoms with van der Waals surface area (Å²) >= 11 is 0. The fourth-order valence-electron chi connectivity index (χ4n) is 4.00. The van der Waals surface area contributed by atoms with E-state index >= 15 is 0 Å². The van der Waals surface area contributed by atoms with Gasteiger partial charge in [0.05, 0.1) is 5.69 Å². The van der Waals surface area contributed by atoms with Crippen molar-refractivity contribution in [1.82, 2.24) is 19.9 Å². The number of hydrogen-bond acceptors (Lipinski definition) is 3. The van der Waals surface area contributed by atoms with Gasteiger partial charge in [0.2, 0.25) is 0 Å². The fourth-order valence-corrected chi connectivity index (χ4v) is 4.00. The van der Waals surface area contributed by atoms with Crippen molar-refractivity contribution in [2.45, 2.75) is 32.1 Å². The number of hydrogen-bond donors (Lipinski definition) is 1. The van der Waals surface area contributed by atoms with E-state index in [0.29, 0.717) is 12.5 Å². The van der Waals surface area contributed by atoms with Crippen LogP contribution in [0, 0.1) is 6.92 Å². The summed E-state index contributed by atoms with van der Waals surface area (Å²) in [5.41, 5.74) is 4.78. The van der Waals surface area contributed by atoms with Crippen LogP contribution in [-0.2, 0) is 13.5 Å². The first-order chi connectivity index (χ1) is 13.1. The van der Waals surface area contributed by atoms with Gasteiger partial charge < -0.3 is 19.3 Å². The zero-order chi connectivity index (χ0) is 18.8. The van der Waals surface area contributed by atoms with Gasteiger partial charge in [0.15, 0.2) is 0 Å². The Balaban J connectivity index is 1.29. The molecule has 6 nitrogen and oxygen atoms in total. The zero-order valence-corrected chi connectivity index (χ0v) is 15.9. The van der Waals surface area contributed by atoms with E-state index in [1.54, 1.807) is 6.26 Å². The van der Waals surface area contributed by atoms with Crippen LogP contribution in [-0.4, -0.2) is 40.3 Å². The van der Waals surface area contributed by atoms with Crippen LogP contribution in [0.15, 0.2) is 41.2 Å². The molecular formula is C21H26N4O2. The molecule has 0 unspecified atom stereocenters. The van der Waals surface area contributed by atoms with Gasteiger partial charge in [0, 0.05) is 55.8 Å². The summed E-state index contributed by atoms with van der Waals surface area (Å²) in [6.45, 7) is 4.28. The molecule has 1 fully saturated rings. The smallest absolute Gasteiger partial charge is 0.317 e. The molecule has 0 aliphatic carbocycles. The van der Waals surface area contributed by atoms with Crippen LogP contribution in [0.1, 0.15) is 35.6 Å². The molecule has 1 aliphatic heterocycles. The highest BCUT2D eigenvalue weighted by atomic mass is 16.5. The first kappa shape index (κ1) is 17.6. The van der Waals surface area contributed by atoms with E-state index in [9.17, 15) is 4.79 Å². The van der Waals surface area contributed by atoms with Crippen LogP contribution >= 0.6 is 0 Å². The van der Waals surface area contributed by atoms with E-state index in [0.717, 1.165) is 38.0 Å². The van der Waals surface area contributed by atoms with Crippen LogP contribution in [0.2, 0.25) is 0 Å². The SMILES string of the molecule is Cc1ccc2c(CCNC(=O)N3CCC(c4ccon4)CC3)cn(C)c2c1. The molecule has 2 aromatic heterocycles. The summed E-state index contributed by atoms with van der Waals surface area (Å²) in [5.74, 6) is 0.395. The third-order valence-corrected chi connectivity index (χ3v) is 5.56. The van der Waals surface area contributed by atoms with Gasteiger partial charge in [0.1, 0.15) is 6.26 Å². The Hall–Kier alpha value is -2.76. The maximum absolute atomic E-state index is 12.5. The number of aromatic nitrogens is 2. The monoisotopic (exact) mass is 366 g/mol. The van der Waals surface area contributed by atoms with Crippen molar-refractivity contribution in [2.24, 2.45) is 7.05 Å². The molecule has 3 aromatic rings. The molecule has 0 bridgehead atoms. The summed E-state index contributed by atoms with van der Waals surface area (Å²) in [5, 5.41) is 8.38. The van der Waals surface area contributed by atoms with E-state index in [4.69, 9.17) is 4.52 Å². The van der Waals surface area contributed by atoms with E-state index in [1.807, 2.05) is 11.0 Å². The number of likely N-dealkylation sites (tertiary alicyclic amines) is 1. The molecule has 2 amide bonds. The third kappa shape index (κ3) is 3.70. The Morgan fingerprint density at radius 2 is 2.11 bits per heavy atom. The first-order valence-corrected chi connectivity index (χ1v) is 9.59. The number of rotatable bonds is 4. The highest BCUT2D eigenvalue weighted by Crippen LogP contribution is 2.26. The Bertz CT molecular complexity index is 921. The van der Waals surface area contributed by atoms with Crippen molar-refractivity contribution >= 4 is 16.9 Å². The highest BCUT2D eigenvalue weighted by molar-refractivity contribution is 5.84. The van der Waals surface area contributed by atoms with Crippen LogP contribution in [0.3, 0.4) is 0 Å². The van der Waals surface area contributed by atoms with Crippen LogP contribution < -0.4 is 5.32 Å². The molecule has 0 saturated carbocycles. The van der Waals surface area contributed by atoms with Crippen LogP contribution in [0.5, 0.6) is 0 Å². The molecule has 1 N–H and O–H groups in total. The van der Waals surface area contributed by atoms with Gasteiger partial charge in [-0.25, -0.2) is 4.79 Å². The second-order valence-corrected chi connectivity index (χ2v) is 7.45. The number of nitrogens with one attached hydrogen (secondary N) is 1. The molecule has 0 atom stereocenters. The maximum atomic E-state index is 12.5. The fraction of sp³-hybridized carbons (Fsp3) is 0.429. The van der Waals surface area contributed by atoms with Gasteiger partial charge in [-0.1, -0.05) is 17.3 Å². The van der Waals surface area contributed by atoms with Gasteiger partial charge in [-0.15, -0.1) is 0 Å². The molecule has 1 aliphatic rings. The summed E-state index contributed by atoms with van der Waals surface area (Å²) in [7, 11) is 2.07. The van der Waals surface area contributed by atoms with Gasteiger partial charge in [-0.3, -0.25) is 0 Å². The number of nitrogens with zero attached hydrogens (tertiary/aromatic N) is 3. The van der Waals surface area contributed by atoms with Crippen molar-refractivity contribution < 1.29 is 9.32 Å². The summed E-state index contributed by atoms with van der Waals surface area (Å²) < 4.78 is 7.09. The van der Waals surface area contributed by atoms with Gasteiger partial charge in [-0.05, 0) is 43.4 Å². The predicted octanol–water partition coefficient (Wildman–Crippen LogP) is 3.61. The average molecular weight is 366 g/mol. The number of amides is 2. The standard InChI is InChI=1S/C21H26N4O2/c1-15-3-4-18-17(14-24(2)20(18)13-15)5-9-22-21(26)25-10-6-16(7-11-25)19-8-12-27-23-19/h3-4,8,12-14,16H,5-7,9-11H2,1-2H3,(H,22,26). The molecule has 1 aromatic carbocycles.